The second kappa shape index (κ2) is 8.61. The van der Waals surface area contributed by atoms with Gasteiger partial charge in [0.2, 0.25) is 0 Å². The minimum atomic E-state index is 0.514. The summed E-state index contributed by atoms with van der Waals surface area (Å²) in [6.45, 7) is 6.75. The summed E-state index contributed by atoms with van der Waals surface area (Å²) < 4.78 is 0. The third kappa shape index (κ3) is 4.52. The van der Waals surface area contributed by atoms with Crippen molar-refractivity contribution in [2.24, 2.45) is 4.99 Å². The van der Waals surface area contributed by atoms with Gasteiger partial charge in [-0.3, -0.25) is 4.99 Å². The molecule has 0 spiro atoms. The maximum atomic E-state index is 4.99. The molecule has 0 radical (unpaired) electrons. The van der Waals surface area contributed by atoms with E-state index >= 15 is 0 Å². The van der Waals surface area contributed by atoms with Gasteiger partial charge < -0.3 is 5.32 Å². The Morgan fingerprint density at radius 3 is 2.59 bits per heavy atom. The van der Waals surface area contributed by atoms with E-state index in [9.17, 15) is 0 Å². The second-order valence-electron chi connectivity index (χ2n) is 6.44. The van der Waals surface area contributed by atoms with Gasteiger partial charge in [-0.25, -0.2) is 0 Å². The summed E-state index contributed by atoms with van der Waals surface area (Å²) in [6, 6.07) is 7.16. The third-order valence-corrected chi connectivity index (χ3v) is 5.08. The van der Waals surface area contributed by atoms with Crippen molar-refractivity contribution in [3.63, 3.8) is 0 Å². The summed E-state index contributed by atoms with van der Waals surface area (Å²) >= 11 is 1.74. The number of nitrogens with one attached hydrogen (secondary N) is 1. The van der Waals surface area contributed by atoms with Crippen molar-refractivity contribution < 1.29 is 0 Å². The van der Waals surface area contributed by atoms with Gasteiger partial charge >= 0.3 is 0 Å². The van der Waals surface area contributed by atoms with Crippen molar-refractivity contribution in [1.29, 1.82) is 0 Å². The first-order chi connectivity index (χ1) is 10.7. The van der Waals surface area contributed by atoms with E-state index in [2.05, 4.69) is 50.5 Å². The number of amidine groups is 1. The molecule has 1 fully saturated rings. The van der Waals surface area contributed by atoms with Crippen LogP contribution in [0.25, 0.3) is 0 Å². The molecule has 22 heavy (non-hydrogen) atoms. The van der Waals surface area contributed by atoms with Gasteiger partial charge in [-0.1, -0.05) is 70.0 Å². The molecule has 1 aliphatic carbocycles. The SMILES string of the molecule is CCc1cccc(C(C)C)c1NC(=NC1CCCCC1)SC. The highest BCUT2D eigenvalue weighted by Gasteiger charge is 2.15. The van der Waals surface area contributed by atoms with Gasteiger partial charge in [-0.2, -0.15) is 0 Å². The number of benzene rings is 1. The molecule has 0 saturated heterocycles. The number of anilines is 1. The lowest BCUT2D eigenvalue weighted by molar-refractivity contribution is 0.444. The van der Waals surface area contributed by atoms with Crippen LogP contribution in [0.1, 0.15) is 69.9 Å². The van der Waals surface area contributed by atoms with Crippen LogP contribution in [-0.2, 0) is 6.42 Å². The highest BCUT2D eigenvalue weighted by Crippen LogP contribution is 2.29. The Hall–Kier alpha value is -0.960. The fourth-order valence-corrected chi connectivity index (χ4v) is 3.63. The summed E-state index contributed by atoms with van der Waals surface area (Å²) in [6.07, 6.45) is 9.71. The Balaban J connectivity index is 2.24. The highest BCUT2D eigenvalue weighted by molar-refractivity contribution is 8.13. The molecule has 1 aliphatic rings. The quantitative estimate of drug-likeness (QED) is 0.557. The lowest BCUT2D eigenvalue weighted by atomic mass is 9.96. The third-order valence-electron chi connectivity index (χ3n) is 4.49. The number of nitrogens with zero attached hydrogens (tertiary/aromatic N) is 1. The van der Waals surface area contributed by atoms with E-state index in [-0.39, 0.29) is 0 Å². The minimum Gasteiger partial charge on any atom is -0.335 e. The second-order valence-corrected chi connectivity index (χ2v) is 7.24. The van der Waals surface area contributed by atoms with E-state index in [1.807, 2.05) is 0 Å². The van der Waals surface area contributed by atoms with Crippen molar-refractivity contribution in [1.82, 2.24) is 0 Å². The molecule has 0 heterocycles. The zero-order valence-electron chi connectivity index (χ0n) is 14.5. The van der Waals surface area contributed by atoms with Gasteiger partial charge in [0.25, 0.3) is 0 Å². The summed E-state index contributed by atoms with van der Waals surface area (Å²) in [5, 5.41) is 4.74. The number of para-hydroxylation sites is 1. The van der Waals surface area contributed by atoms with Crippen molar-refractivity contribution in [2.75, 3.05) is 11.6 Å². The molecule has 1 aromatic carbocycles. The van der Waals surface area contributed by atoms with Gasteiger partial charge in [0.15, 0.2) is 5.17 Å². The zero-order chi connectivity index (χ0) is 15.9. The normalized spacial score (nSPS) is 17.0. The van der Waals surface area contributed by atoms with Crippen LogP contribution < -0.4 is 5.32 Å². The van der Waals surface area contributed by atoms with E-state index in [0.717, 1.165) is 11.6 Å². The molecule has 0 bridgehead atoms. The average Bonchev–Trinajstić information content (AvgIpc) is 2.55. The van der Waals surface area contributed by atoms with Crippen molar-refractivity contribution in [3.05, 3.63) is 29.3 Å². The van der Waals surface area contributed by atoms with E-state index in [1.54, 1.807) is 11.8 Å². The fraction of sp³-hybridized carbons (Fsp3) is 0.632. The smallest absolute Gasteiger partial charge is 0.161 e. The summed E-state index contributed by atoms with van der Waals surface area (Å²) in [5.41, 5.74) is 4.06. The largest absolute Gasteiger partial charge is 0.335 e. The van der Waals surface area contributed by atoms with Crippen LogP contribution in [0, 0.1) is 0 Å². The number of rotatable bonds is 4. The van der Waals surface area contributed by atoms with Crippen molar-refractivity contribution in [2.45, 2.75) is 71.3 Å². The molecule has 2 nitrogen and oxygen atoms in total. The summed E-state index contributed by atoms with van der Waals surface area (Å²) in [4.78, 5) is 4.99. The molecule has 0 aromatic heterocycles. The number of aryl methyl sites for hydroxylation is 1. The minimum absolute atomic E-state index is 0.514. The Kier molecular flexibility index (Phi) is 6.81. The summed E-state index contributed by atoms with van der Waals surface area (Å²) in [7, 11) is 0. The highest BCUT2D eigenvalue weighted by atomic mass is 32.2. The topological polar surface area (TPSA) is 24.4 Å². The molecule has 0 atom stereocenters. The van der Waals surface area contributed by atoms with Crippen LogP contribution in [0.15, 0.2) is 23.2 Å². The van der Waals surface area contributed by atoms with Gasteiger partial charge in [-0.05, 0) is 42.6 Å². The first-order valence-electron chi connectivity index (χ1n) is 8.66. The number of aliphatic imine (C=N–C) groups is 1. The monoisotopic (exact) mass is 318 g/mol. The van der Waals surface area contributed by atoms with E-state index in [0.29, 0.717) is 12.0 Å². The maximum Gasteiger partial charge on any atom is 0.161 e. The molecule has 0 aliphatic heterocycles. The Labute approximate surface area is 140 Å². The molecular formula is C19H30N2S. The predicted octanol–water partition coefficient (Wildman–Crippen LogP) is 5.84. The lowest BCUT2D eigenvalue weighted by Gasteiger charge is -2.22. The number of thioether (sulfide) groups is 1. The van der Waals surface area contributed by atoms with Crippen LogP contribution in [0.4, 0.5) is 5.69 Å². The first kappa shape index (κ1) is 17.4. The number of hydrogen-bond acceptors (Lipinski definition) is 2. The Morgan fingerprint density at radius 1 is 1.27 bits per heavy atom. The molecular weight excluding hydrogens is 288 g/mol. The first-order valence-corrected chi connectivity index (χ1v) is 9.88. The van der Waals surface area contributed by atoms with Crippen LogP contribution in [0.3, 0.4) is 0 Å². The van der Waals surface area contributed by atoms with Crippen LogP contribution in [0.2, 0.25) is 0 Å². The predicted molar refractivity (Wildman–Crippen MR) is 101 cm³/mol. The van der Waals surface area contributed by atoms with Gasteiger partial charge in [0, 0.05) is 5.69 Å². The van der Waals surface area contributed by atoms with Gasteiger partial charge in [-0.15, -0.1) is 0 Å². The van der Waals surface area contributed by atoms with Crippen LogP contribution in [-0.4, -0.2) is 17.5 Å². The number of hydrogen-bond donors (Lipinski definition) is 1. The maximum absolute atomic E-state index is 4.99. The van der Waals surface area contributed by atoms with Crippen LogP contribution >= 0.6 is 11.8 Å². The molecule has 0 amide bonds. The molecule has 1 aromatic rings. The standard InChI is InChI=1S/C19H30N2S/c1-5-15-10-9-13-17(14(2)3)18(15)21-19(22-4)20-16-11-7-6-8-12-16/h9-10,13-14,16H,5-8,11-12H2,1-4H3,(H,20,21). The van der Waals surface area contributed by atoms with Gasteiger partial charge in [0.05, 0.1) is 6.04 Å². The lowest BCUT2D eigenvalue weighted by Crippen LogP contribution is -2.17. The Morgan fingerprint density at radius 2 is 2.00 bits per heavy atom. The Bertz CT molecular complexity index is 502. The van der Waals surface area contributed by atoms with Crippen LogP contribution in [0.5, 0.6) is 0 Å². The summed E-state index contributed by atoms with van der Waals surface area (Å²) in [5.74, 6) is 0.520. The molecule has 1 saturated carbocycles. The molecule has 3 heteroatoms. The zero-order valence-corrected chi connectivity index (χ0v) is 15.3. The molecule has 2 rings (SSSR count). The molecule has 122 valence electrons. The van der Waals surface area contributed by atoms with Gasteiger partial charge in [0.1, 0.15) is 0 Å². The average molecular weight is 319 g/mol. The fourth-order valence-electron chi connectivity index (χ4n) is 3.17. The van der Waals surface area contributed by atoms with Crippen molar-refractivity contribution >= 4 is 22.6 Å². The van der Waals surface area contributed by atoms with E-state index < -0.39 is 0 Å². The van der Waals surface area contributed by atoms with Crippen molar-refractivity contribution in [3.8, 4) is 0 Å². The van der Waals surface area contributed by atoms with E-state index in [1.165, 1.54) is 48.9 Å². The molecule has 1 N–H and O–H groups in total. The van der Waals surface area contributed by atoms with E-state index in [4.69, 9.17) is 4.99 Å². The molecule has 0 unspecified atom stereocenters.